The molecule has 162 valence electrons. The van der Waals surface area contributed by atoms with Crippen molar-refractivity contribution in [2.75, 3.05) is 33.6 Å². The minimum Gasteiger partial charge on any atom is -0.508 e. The number of nitrogens with zero attached hydrogens (tertiary/aromatic N) is 1. The number of benzene rings is 3. The first-order valence-electron chi connectivity index (χ1n) is 10.2. The normalized spacial score (nSPS) is 13.8. The van der Waals surface area contributed by atoms with E-state index in [0.717, 1.165) is 46.0 Å². The molecule has 0 atom stereocenters. The largest absolute Gasteiger partial charge is 0.508 e. The summed E-state index contributed by atoms with van der Waals surface area (Å²) in [5.41, 5.74) is 4.14. The zero-order valence-electron chi connectivity index (χ0n) is 18.1. The predicted octanol–water partition coefficient (Wildman–Crippen LogP) is 5.19. The lowest BCUT2D eigenvalue weighted by Gasteiger charge is -2.21. The Labute approximate surface area is 187 Å². The second kappa shape index (κ2) is 9.54. The number of phenols is 1. The van der Waals surface area contributed by atoms with Crippen molar-refractivity contribution in [2.45, 2.75) is 18.0 Å². The Kier molecular flexibility index (Phi) is 6.59. The van der Waals surface area contributed by atoms with E-state index >= 15 is 0 Å². The first-order valence-corrected chi connectivity index (χ1v) is 11.4. The van der Waals surface area contributed by atoms with Gasteiger partial charge in [0.15, 0.2) is 11.5 Å². The van der Waals surface area contributed by atoms with E-state index in [0.29, 0.717) is 19.7 Å². The fourth-order valence-corrected chi connectivity index (χ4v) is 4.24. The highest BCUT2D eigenvalue weighted by atomic mass is 32.2. The molecule has 1 aliphatic rings. The van der Waals surface area contributed by atoms with Crippen LogP contribution in [-0.4, -0.2) is 43.6 Å². The number of hydrogen-bond acceptors (Lipinski definition) is 6. The number of phenolic OH excluding ortho intramolecular Hbond substituents is 1. The Morgan fingerprint density at radius 1 is 1.00 bits per heavy atom. The third kappa shape index (κ3) is 4.75. The van der Waals surface area contributed by atoms with Crippen LogP contribution in [0, 0.1) is 0 Å². The fourth-order valence-electron chi connectivity index (χ4n) is 3.83. The smallest absolute Gasteiger partial charge is 0.165 e. The van der Waals surface area contributed by atoms with Gasteiger partial charge in [0, 0.05) is 35.7 Å². The Bertz CT molecular complexity index is 1050. The van der Waals surface area contributed by atoms with Crippen molar-refractivity contribution in [3.63, 3.8) is 0 Å². The van der Waals surface area contributed by atoms with Gasteiger partial charge in [-0.1, -0.05) is 12.1 Å². The number of hydrogen-bond donors (Lipinski definition) is 1. The van der Waals surface area contributed by atoms with E-state index in [9.17, 15) is 5.11 Å². The molecule has 1 N–H and O–H groups in total. The van der Waals surface area contributed by atoms with Crippen molar-refractivity contribution in [3.05, 3.63) is 65.7 Å². The standard InChI is InChI=1S/C25H27NO4S/c1-28-21-6-9-23(27)19(13-21)15-26-10-11-30-25-20(16-26)12-18(14-24(25)29-2)17-4-7-22(31-3)8-5-17/h4-9,12-14,27H,10-11,15-16H2,1-3H3. The number of fused-ring (bicyclic) bond motifs is 1. The molecule has 1 heterocycles. The molecule has 0 unspecified atom stereocenters. The van der Waals surface area contributed by atoms with Crippen LogP contribution in [-0.2, 0) is 13.1 Å². The van der Waals surface area contributed by atoms with E-state index in [4.69, 9.17) is 14.2 Å². The van der Waals surface area contributed by atoms with Crippen LogP contribution >= 0.6 is 11.8 Å². The highest BCUT2D eigenvalue weighted by Gasteiger charge is 2.21. The monoisotopic (exact) mass is 437 g/mol. The molecule has 0 saturated carbocycles. The van der Waals surface area contributed by atoms with Gasteiger partial charge in [-0.15, -0.1) is 11.8 Å². The summed E-state index contributed by atoms with van der Waals surface area (Å²) in [5.74, 6) is 2.54. The molecule has 0 aromatic heterocycles. The van der Waals surface area contributed by atoms with Crippen molar-refractivity contribution in [2.24, 2.45) is 0 Å². The quantitative estimate of drug-likeness (QED) is 0.536. The first kappa shape index (κ1) is 21.4. The van der Waals surface area contributed by atoms with Gasteiger partial charge in [-0.05, 0) is 59.8 Å². The topological polar surface area (TPSA) is 51.2 Å². The minimum atomic E-state index is 0.270. The summed E-state index contributed by atoms with van der Waals surface area (Å²) >= 11 is 1.73. The maximum atomic E-state index is 10.3. The molecule has 0 fully saturated rings. The van der Waals surface area contributed by atoms with Crippen LogP contribution in [0.15, 0.2) is 59.5 Å². The number of thioether (sulfide) groups is 1. The summed E-state index contributed by atoms with van der Waals surface area (Å²) in [6, 6.07) is 18.1. The lowest BCUT2D eigenvalue weighted by Crippen LogP contribution is -2.25. The molecule has 0 radical (unpaired) electrons. The average Bonchev–Trinajstić information content (AvgIpc) is 3.01. The van der Waals surface area contributed by atoms with Gasteiger partial charge in [-0.2, -0.15) is 0 Å². The van der Waals surface area contributed by atoms with Gasteiger partial charge >= 0.3 is 0 Å². The second-order valence-electron chi connectivity index (χ2n) is 7.45. The molecule has 0 amide bonds. The third-order valence-corrected chi connectivity index (χ3v) is 6.25. The number of aromatic hydroxyl groups is 1. The summed E-state index contributed by atoms with van der Waals surface area (Å²) < 4.78 is 17.1. The summed E-state index contributed by atoms with van der Waals surface area (Å²) in [4.78, 5) is 3.50. The number of rotatable bonds is 6. The predicted molar refractivity (Wildman–Crippen MR) is 124 cm³/mol. The zero-order chi connectivity index (χ0) is 21.8. The highest BCUT2D eigenvalue weighted by Crippen LogP contribution is 2.39. The molecule has 0 spiro atoms. The first-order chi connectivity index (χ1) is 15.1. The maximum Gasteiger partial charge on any atom is 0.165 e. The highest BCUT2D eigenvalue weighted by molar-refractivity contribution is 7.98. The maximum absolute atomic E-state index is 10.3. The summed E-state index contributed by atoms with van der Waals surface area (Å²) in [6.07, 6.45) is 2.08. The average molecular weight is 438 g/mol. The molecular formula is C25H27NO4S. The molecule has 3 aromatic carbocycles. The summed E-state index contributed by atoms with van der Waals surface area (Å²) in [6.45, 7) is 2.59. The summed E-state index contributed by atoms with van der Waals surface area (Å²) in [5, 5.41) is 10.3. The minimum absolute atomic E-state index is 0.270. The Balaban J connectivity index is 1.65. The Morgan fingerprint density at radius 3 is 2.52 bits per heavy atom. The van der Waals surface area contributed by atoms with E-state index in [-0.39, 0.29) is 5.75 Å². The van der Waals surface area contributed by atoms with E-state index in [1.165, 1.54) is 4.90 Å². The summed E-state index contributed by atoms with van der Waals surface area (Å²) in [7, 11) is 3.31. The van der Waals surface area contributed by atoms with Gasteiger partial charge in [-0.3, -0.25) is 4.90 Å². The van der Waals surface area contributed by atoms with Crippen molar-refractivity contribution in [1.29, 1.82) is 0 Å². The van der Waals surface area contributed by atoms with Crippen molar-refractivity contribution >= 4 is 11.8 Å². The van der Waals surface area contributed by atoms with Gasteiger partial charge in [0.05, 0.1) is 14.2 Å². The molecular weight excluding hydrogens is 410 g/mol. The fraction of sp³-hybridized carbons (Fsp3) is 0.280. The van der Waals surface area contributed by atoms with Crippen LogP contribution in [0.4, 0.5) is 0 Å². The molecule has 5 nitrogen and oxygen atoms in total. The second-order valence-corrected chi connectivity index (χ2v) is 8.33. The molecule has 0 aliphatic carbocycles. The number of ether oxygens (including phenoxy) is 3. The Morgan fingerprint density at radius 2 is 1.81 bits per heavy atom. The van der Waals surface area contributed by atoms with Crippen LogP contribution < -0.4 is 14.2 Å². The van der Waals surface area contributed by atoms with Gasteiger partial charge in [0.25, 0.3) is 0 Å². The SMILES string of the molecule is COc1ccc(O)c(CN2CCOc3c(cc(-c4ccc(SC)cc4)cc3OC)C2)c1. The van der Waals surface area contributed by atoms with Crippen LogP contribution in [0.3, 0.4) is 0 Å². The van der Waals surface area contributed by atoms with E-state index in [1.54, 1.807) is 38.1 Å². The zero-order valence-corrected chi connectivity index (χ0v) is 18.9. The van der Waals surface area contributed by atoms with E-state index in [1.807, 2.05) is 12.1 Å². The molecule has 3 aromatic rings. The van der Waals surface area contributed by atoms with Crippen LogP contribution in [0.25, 0.3) is 11.1 Å². The molecule has 1 aliphatic heterocycles. The van der Waals surface area contributed by atoms with Crippen molar-refractivity contribution in [1.82, 2.24) is 4.90 Å². The lowest BCUT2D eigenvalue weighted by atomic mass is 10.0. The Hall–Kier alpha value is -2.83. The van der Waals surface area contributed by atoms with Gasteiger partial charge < -0.3 is 19.3 Å². The van der Waals surface area contributed by atoms with E-state index < -0.39 is 0 Å². The van der Waals surface area contributed by atoms with E-state index in [2.05, 4.69) is 41.5 Å². The number of methoxy groups -OCH3 is 2. The molecule has 6 heteroatoms. The molecule has 4 rings (SSSR count). The van der Waals surface area contributed by atoms with Crippen molar-refractivity contribution < 1.29 is 19.3 Å². The molecule has 0 saturated heterocycles. The lowest BCUT2D eigenvalue weighted by molar-refractivity contribution is 0.215. The third-order valence-electron chi connectivity index (χ3n) is 5.50. The van der Waals surface area contributed by atoms with Crippen molar-refractivity contribution in [3.8, 4) is 34.1 Å². The van der Waals surface area contributed by atoms with Gasteiger partial charge in [0.2, 0.25) is 0 Å². The van der Waals surface area contributed by atoms with Gasteiger partial charge in [-0.25, -0.2) is 0 Å². The molecule has 31 heavy (non-hydrogen) atoms. The van der Waals surface area contributed by atoms with Crippen LogP contribution in [0.1, 0.15) is 11.1 Å². The van der Waals surface area contributed by atoms with Crippen LogP contribution in [0.2, 0.25) is 0 Å². The van der Waals surface area contributed by atoms with Gasteiger partial charge in [0.1, 0.15) is 18.1 Å². The molecule has 0 bridgehead atoms. The van der Waals surface area contributed by atoms with Crippen LogP contribution in [0.5, 0.6) is 23.0 Å².